The van der Waals surface area contributed by atoms with E-state index in [0.717, 1.165) is 17.0 Å². The summed E-state index contributed by atoms with van der Waals surface area (Å²) in [4.78, 5) is 8.40. The van der Waals surface area contributed by atoms with Crippen LogP contribution in [0.3, 0.4) is 0 Å². The summed E-state index contributed by atoms with van der Waals surface area (Å²) in [5.74, 6) is 1.96. The van der Waals surface area contributed by atoms with Crippen LogP contribution >= 0.6 is 0 Å². The molecule has 0 fully saturated rings. The number of aryl methyl sites for hydroxylation is 1. The topological polar surface area (TPSA) is 86.7 Å². The fourth-order valence-corrected chi connectivity index (χ4v) is 2.89. The Hall–Kier alpha value is -3.55. The number of halogens is 1. The first-order chi connectivity index (χ1) is 14.0. The lowest BCUT2D eigenvalue weighted by Crippen LogP contribution is -2.31. The first kappa shape index (κ1) is 20.2. The molecule has 0 unspecified atom stereocenters. The third kappa shape index (κ3) is 4.84. The summed E-state index contributed by atoms with van der Waals surface area (Å²) in [6, 6.07) is 10.6. The molecule has 3 aromatic rings. The molecule has 0 aliphatic rings. The number of rotatable bonds is 7. The number of aromatic nitrogens is 2. The maximum atomic E-state index is 14.5. The van der Waals surface area contributed by atoms with Gasteiger partial charge in [-0.25, -0.2) is 14.4 Å². The second-order valence-electron chi connectivity index (χ2n) is 6.37. The average molecular weight is 397 g/mol. The zero-order valence-corrected chi connectivity index (χ0v) is 16.6. The van der Waals surface area contributed by atoms with Crippen molar-refractivity contribution in [3.8, 4) is 17.2 Å². The maximum Gasteiger partial charge on any atom is 0.189 e. The van der Waals surface area contributed by atoms with Gasteiger partial charge in [0.1, 0.15) is 11.6 Å². The second kappa shape index (κ2) is 9.09. The van der Waals surface area contributed by atoms with Crippen molar-refractivity contribution in [1.82, 2.24) is 14.9 Å². The van der Waals surface area contributed by atoms with Gasteiger partial charge in [-0.1, -0.05) is 12.1 Å². The van der Waals surface area contributed by atoms with Gasteiger partial charge in [-0.2, -0.15) is 0 Å². The number of imidazole rings is 1. The van der Waals surface area contributed by atoms with Gasteiger partial charge in [-0.15, -0.1) is 0 Å². The molecule has 3 rings (SSSR count). The van der Waals surface area contributed by atoms with Crippen molar-refractivity contribution in [3.05, 3.63) is 71.6 Å². The molecule has 8 heteroatoms. The molecular formula is C21H24FN5O2. The largest absolute Gasteiger partial charge is 0.493 e. The Bertz CT molecular complexity index is 1020. The van der Waals surface area contributed by atoms with Crippen LogP contribution in [0.4, 0.5) is 4.39 Å². The number of aliphatic imine (C=N–C) groups is 1. The number of nitrogens with two attached hydrogens (primary N) is 1. The van der Waals surface area contributed by atoms with E-state index in [1.807, 2.05) is 31.2 Å². The highest BCUT2D eigenvalue weighted by Crippen LogP contribution is 2.27. The summed E-state index contributed by atoms with van der Waals surface area (Å²) in [6.45, 7) is 2.57. The first-order valence-electron chi connectivity index (χ1n) is 9.05. The minimum Gasteiger partial charge on any atom is -0.493 e. The van der Waals surface area contributed by atoms with Crippen LogP contribution in [0.1, 0.15) is 17.0 Å². The van der Waals surface area contributed by atoms with Crippen LogP contribution in [-0.2, 0) is 13.1 Å². The number of nitrogens with one attached hydrogen (secondary N) is 1. The van der Waals surface area contributed by atoms with Crippen LogP contribution in [0.25, 0.3) is 5.69 Å². The van der Waals surface area contributed by atoms with Gasteiger partial charge in [0.2, 0.25) is 0 Å². The molecule has 7 nitrogen and oxygen atoms in total. The Balaban J connectivity index is 1.61. The highest BCUT2D eigenvalue weighted by atomic mass is 19.1. The molecule has 0 aliphatic heterocycles. The molecule has 0 radical (unpaired) electrons. The summed E-state index contributed by atoms with van der Waals surface area (Å²) >= 11 is 0. The minimum atomic E-state index is -0.337. The van der Waals surface area contributed by atoms with E-state index < -0.39 is 0 Å². The summed E-state index contributed by atoms with van der Waals surface area (Å²) in [6.07, 6.45) is 3.36. The number of methoxy groups -OCH3 is 2. The van der Waals surface area contributed by atoms with Crippen molar-refractivity contribution >= 4 is 5.96 Å². The van der Waals surface area contributed by atoms with Crippen LogP contribution in [0.2, 0.25) is 0 Å². The highest BCUT2D eigenvalue weighted by molar-refractivity contribution is 5.77. The Morgan fingerprint density at radius 2 is 1.90 bits per heavy atom. The molecule has 0 saturated heterocycles. The van der Waals surface area contributed by atoms with Gasteiger partial charge in [0, 0.05) is 18.9 Å². The molecular weight excluding hydrogens is 373 g/mol. The Morgan fingerprint density at radius 1 is 1.14 bits per heavy atom. The van der Waals surface area contributed by atoms with Crippen LogP contribution in [0.15, 0.2) is 53.8 Å². The predicted molar refractivity (Wildman–Crippen MR) is 110 cm³/mol. The van der Waals surface area contributed by atoms with Gasteiger partial charge in [0.25, 0.3) is 0 Å². The van der Waals surface area contributed by atoms with Gasteiger partial charge in [-0.05, 0) is 42.3 Å². The van der Waals surface area contributed by atoms with Gasteiger partial charge in [0.05, 0.1) is 26.5 Å². The lowest BCUT2D eigenvalue weighted by atomic mass is 10.2. The van der Waals surface area contributed by atoms with Crippen LogP contribution in [0.5, 0.6) is 11.5 Å². The van der Waals surface area contributed by atoms with E-state index >= 15 is 0 Å². The van der Waals surface area contributed by atoms with Crippen molar-refractivity contribution in [2.45, 2.75) is 20.0 Å². The fourth-order valence-electron chi connectivity index (χ4n) is 2.89. The molecule has 0 saturated carbocycles. The van der Waals surface area contributed by atoms with E-state index in [1.165, 1.54) is 6.07 Å². The van der Waals surface area contributed by atoms with E-state index in [-0.39, 0.29) is 18.3 Å². The van der Waals surface area contributed by atoms with Crippen LogP contribution in [-0.4, -0.2) is 29.7 Å². The molecule has 0 spiro atoms. The van der Waals surface area contributed by atoms with Crippen LogP contribution in [0, 0.1) is 12.7 Å². The van der Waals surface area contributed by atoms with Gasteiger partial charge >= 0.3 is 0 Å². The predicted octanol–water partition coefficient (Wildman–Crippen LogP) is 2.94. The van der Waals surface area contributed by atoms with Crippen molar-refractivity contribution in [1.29, 1.82) is 0 Å². The number of hydrogen-bond donors (Lipinski definition) is 2. The smallest absolute Gasteiger partial charge is 0.189 e. The molecule has 0 aliphatic carbocycles. The lowest BCUT2D eigenvalue weighted by molar-refractivity contribution is 0.354. The van der Waals surface area contributed by atoms with Gasteiger partial charge in [0.15, 0.2) is 17.5 Å². The Morgan fingerprint density at radius 3 is 2.55 bits per heavy atom. The fraction of sp³-hybridized carbons (Fsp3) is 0.238. The van der Waals surface area contributed by atoms with Crippen molar-refractivity contribution < 1.29 is 13.9 Å². The van der Waals surface area contributed by atoms with E-state index in [4.69, 9.17) is 15.2 Å². The summed E-state index contributed by atoms with van der Waals surface area (Å²) in [5, 5.41) is 3.04. The molecule has 1 heterocycles. The van der Waals surface area contributed by atoms with E-state index in [0.29, 0.717) is 23.7 Å². The minimum absolute atomic E-state index is 0.269. The Kier molecular flexibility index (Phi) is 6.33. The third-order valence-electron chi connectivity index (χ3n) is 4.45. The molecule has 0 amide bonds. The normalized spacial score (nSPS) is 11.4. The van der Waals surface area contributed by atoms with E-state index in [1.54, 1.807) is 37.2 Å². The Labute approximate surface area is 169 Å². The molecule has 0 atom stereocenters. The monoisotopic (exact) mass is 397 g/mol. The molecule has 0 bridgehead atoms. The standard InChI is InChI=1S/C21H24FN5O2/c1-14-24-8-9-27(14)18-6-4-15(10-17(18)22)12-25-21(23)26-13-16-5-7-19(28-2)20(11-16)29-3/h4-11H,12-13H2,1-3H3,(H3,23,25,26). The van der Waals surface area contributed by atoms with Crippen LogP contribution < -0.4 is 20.5 Å². The molecule has 152 valence electrons. The SMILES string of the molecule is COc1ccc(CNC(N)=NCc2ccc(-n3ccnc3C)c(F)c2)cc1OC. The van der Waals surface area contributed by atoms with Crippen molar-refractivity contribution in [2.24, 2.45) is 10.7 Å². The van der Waals surface area contributed by atoms with Crippen molar-refractivity contribution in [3.63, 3.8) is 0 Å². The zero-order valence-electron chi connectivity index (χ0n) is 16.6. The second-order valence-corrected chi connectivity index (χ2v) is 6.37. The number of ether oxygens (including phenoxy) is 2. The van der Waals surface area contributed by atoms with E-state index in [2.05, 4.69) is 15.3 Å². The number of guanidine groups is 1. The lowest BCUT2D eigenvalue weighted by Gasteiger charge is -2.11. The molecule has 29 heavy (non-hydrogen) atoms. The maximum absolute atomic E-state index is 14.5. The first-order valence-corrected chi connectivity index (χ1v) is 9.05. The molecule has 1 aromatic heterocycles. The highest BCUT2D eigenvalue weighted by Gasteiger charge is 2.08. The number of benzene rings is 2. The van der Waals surface area contributed by atoms with Gasteiger partial charge < -0.3 is 25.1 Å². The third-order valence-corrected chi connectivity index (χ3v) is 4.45. The summed E-state index contributed by atoms with van der Waals surface area (Å²) in [7, 11) is 3.18. The molecule has 2 aromatic carbocycles. The number of hydrogen-bond acceptors (Lipinski definition) is 4. The zero-order chi connectivity index (χ0) is 20.8. The quantitative estimate of drug-likeness (QED) is 0.473. The molecule has 3 N–H and O–H groups in total. The summed E-state index contributed by atoms with van der Waals surface area (Å²) < 4.78 is 26.7. The van der Waals surface area contributed by atoms with E-state index in [9.17, 15) is 4.39 Å². The average Bonchev–Trinajstić information content (AvgIpc) is 3.16. The number of nitrogens with zero attached hydrogens (tertiary/aromatic N) is 3. The van der Waals surface area contributed by atoms with Crippen molar-refractivity contribution in [2.75, 3.05) is 14.2 Å². The summed E-state index contributed by atoms with van der Waals surface area (Å²) in [5.41, 5.74) is 8.08. The van der Waals surface area contributed by atoms with Gasteiger partial charge in [-0.3, -0.25) is 0 Å².